The smallest absolute Gasteiger partial charge is 0.317 e. The number of urea groups is 1. The van der Waals surface area contributed by atoms with Gasteiger partial charge >= 0.3 is 12.0 Å². The van der Waals surface area contributed by atoms with Crippen molar-refractivity contribution in [2.24, 2.45) is 13.0 Å². The molecule has 0 radical (unpaired) electrons. The fraction of sp³-hybridized carbons (Fsp3) is 0.438. The second kappa shape index (κ2) is 6.68. The quantitative estimate of drug-likeness (QED) is 0.888. The van der Waals surface area contributed by atoms with Gasteiger partial charge in [-0.15, -0.1) is 0 Å². The van der Waals surface area contributed by atoms with Crippen molar-refractivity contribution in [3.8, 4) is 0 Å². The van der Waals surface area contributed by atoms with Crippen LogP contribution in [-0.4, -0.2) is 44.6 Å². The maximum Gasteiger partial charge on any atom is 0.317 e. The van der Waals surface area contributed by atoms with Crippen molar-refractivity contribution in [2.75, 3.05) is 13.1 Å². The lowest BCUT2D eigenvalue weighted by atomic mass is 9.99. The number of carbonyl (C=O) groups is 2. The second-order valence-electron chi connectivity index (χ2n) is 6.00. The topological polar surface area (TPSA) is 87.5 Å². The molecule has 7 nitrogen and oxygen atoms in total. The third-order valence-corrected chi connectivity index (χ3v) is 4.63. The van der Waals surface area contributed by atoms with Gasteiger partial charge < -0.3 is 19.9 Å². The van der Waals surface area contributed by atoms with Gasteiger partial charge in [-0.2, -0.15) is 0 Å². The SMILES string of the molecule is Cn1c(CNC(=O)N2CCCC(C(=O)O)C2)nc2cc(Cl)ccc21. The summed E-state index contributed by atoms with van der Waals surface area (Å²) in [6.07, 6.45) is 1.32. The number of halogens is 1. The Morgan fingerprint density at radius 3 is 3.00 bits per heavy atom. The van der Waals surface area contributed by atoms with Crippen molar-refractivity contribution in [2.45, 2.75) is 19.4 Å². The summed E-state index contributed by atoms with van der Waals surface area (Å²) in [4.78, 5) is 29.4. The minimum Gasteiger partial charge on any atom is -0.481 e. The van der Waals surface area contributed by atoms with Crippen LogP contribution in [0.5, 0.6) is 0 Å². The molecule has 2 N–H and O–H groups in total. The number of fused-ring (bicyclic) bond motifs is 1. The number of piperidine rings is 1. The van der Waals surface area contributed by atoms with E-state index in [9.17, 15) is 9.59 Å². The van der Waals surface area contributed by atoms with Crippen molar-refractivity contribution in [3.05, 3.63) is 29.0 Å². The van der Waals surface area contributed by atoms with Gasteiger partial charge in [0.25, 0.3) is 0 Å². The van der Waals surface area contributed by atoms with Gasteiger partial charge in [0, 0.05) is 25.2 Å². The molecule has 0 aliphatic carbocycles. The van der Waals surface area contributed by atoms with Crippen LogP contribution in [0.3, 0.4) is 0 Å². The van der Waals surface area contributed by atoms with Crippen molar-refractivity contribution >= 4 is 34.6 Å². The number of carboxylic acids is 1. The molecule has 128 valence electrons. The minimum atomic E-state index is -0.847. The predicted molar refractivity (Wildman–Crippen MR) is 89.9 cm³/mol. The Bertz CT molecular complexity index is 789. The number of nitrogens with zero attached hydrogens (tertiary/aromatic N) is 3. The molecule has 8 heteroatoms. The number of aryl methyl sites for hydroxylation is 1. The molecule has 1 aliphatic rings. The summed E-state index contributed by atoms with van der Waals surface area (Å²) in [6, 6.07) is 5.21. The van der Waals surface area contributed by atoms with Crippen molar-refractivity contribution < 1.29 is 14.7 Å². The average Bonchev–Trinajstić information content (AvgIpc) is 2.88. The van der Waals surface area contributed by atoms with E-state index in [1.165, 1.54) is 0 Å². The van der Waals surface area contributed by atoms with Crippen LogP contribution in [0.15, 0.2) is 18.2 Å². The van der Waals surface area contributed by atoms with E-state index in [0.29, 0.717) is 30.2 Å². The first-order valence-electron chi connectivity index (χ1n) is 7.82. The van der Waals surface area contributed by atoms with E-state index in [2.05, 4.69) is 10.3 Å². The molecule has 1 aromatic carbocycles. The third kappa shape index (κ3) is 3.31. The molecule has 3 rings (SSSR count). The zero-order valence-corrected chi connectivity index (χ0v) is 14.1. The third-order valence-electron chi connectivity index (χ3n) is 4.39. The molecule has 0 saturated carbocycles. The maximum absolute atomic E-state index is 12.3. The highest BCUT2D eigenvalue weighted by atomic mass is 35.5. The van der Waals surface area contributed by atoms with Crippen LogP contribution < -0.4 is 5.32 Å². The average molecular weight is 351 g/mol. The van der Waals surface area contributed by atoms with Crippen LogP contribution in [0, 0.1) is 5.92 Å². The van der Waals surface area contributed by atoms with Gasteiger partial charge in [0.05, 0.1) is 23.5 Å². The summed E-state index contributed by atoms with van der Waals surface area (Å²) in [5, 5.41) is 12.5. The van der Waals surface area contributed by atoms with Gasteiger partial charge in [-0.1, -0.05) is 11.6 Å². The number of aromatic nitrogens is 2. The first-order chi connectivity index (χ1) is 11.5. The predicted octanol–water partition coefficient (Wildman–Crippen LogP) is 2.23. The highest BCUT2D eigenvalue weighted by Crippen LogP contribution is 2.20. The number of amides is 2. The number of aliphatic carboxylic acids is 1. The first kappa shape index (κ1) is 16.6. The molecule has 1 atom stereocenters. The number of likely N-dealkylation sites (tertiary alicyclic amines) is 1. The number of carboxylic acid groups (broad SMARTS) is 1. The second-order valence-corrected chi connectivity index (χ2v) is 6.44. The molecule has 1 saturated heterocycles. The molecule has 1 aliphatic heterocycles. The molecule has 2 heterocycles. The molecule has 24 heavy (non-hydrogen) atoms. The van der Waals surface area contributed by atoms with E-state index >= 15 is 0 Å². The highest BCUT2D eigenvalue weighted by molar-refractivity contribution is 6.31. The van der Waals surface area contributed by atoms with E-state index in [-0.39, 0.29) is 19.1 Å². The lowest BCUT2D eigenvalue weighted by Gasteiger charge is -2.30. The van der Waals surface area contributed by atoms with Gasteiger partial charge in [0.15, 0.2) is 0 Å². The van der Waals surface area contributed by atoms with E-state index in [4.69, 9.17) is 16.7 Å². The van der Waals surface area contributed by atoms with Gasteiger partial charge in [-0.25, -0.2) is 9.78 Å². The summed E-state index contributed by atoms with van der Waals surface area (Å²) in [5.41, 5.74) is 1.71. The molecule has 2 amide bonds. The largest absolute Gasteiger partial charge is 0.481 e. The van der Waals surface area contributed by atoms with Gasteiger partial charge in [-0.3, -0.25) is 4.79 Å². The number of nitrogens with one attached hydrogen (secondary N) is 1. The molecule has 1 unspecified atom stereocenters. The number of benzene rings is 1. The fourth-order valence-corrected chi connectivity index (χ4v) is 3.18. The Labute approximate surface area is 144 Å². The summed E-state index contributed by atoms with van der Waals surface area (Å²) in [7, 11) is 1.88. The molecule has 1 aromatic heterocycles. The van der Waals surface area contributed by atoms with Crippen LogP contribution in [0.2, 0.25) is 5.02 Å². The summed E-state index contributed by atoms with van der Waals surface area (Å²) in [5.74, 6) is -0.616. The van der Waals surface area contributed by atoms with Crippen molar-refractivity contribution in [3.63, 3.8) is 0 Å². The molecule has 0 bridgehead atoms. The molecular formula is C16H19ClN4O3. The zero-order chi connectivity index (χ0) is 17.3. The Morgan fingerprint density at radius 2 is 2.25 bits per heavy atom. The van der Waals surface area contributed by atoms with Crippen LogP contribution >= 0.6 is 11.6 Å². The summed E-state index contributed by atoms with van der Waals surface area (Å²) >= 11 is 5.97. The van der Waals surface area contributed by atoms with Crippen molar-refractivity contribution in [1.29, 1.82) is 0 Å². The van der Waals surface area contributed by atoms with E-state index in [0.717, 1.165) is 11.0 Å². The highest BCUT2D eigenvalue weighted by Gasteiger charge is 2.28. The first-order valence-corrected chi connectivity index (χ1v) is 8.20. The monoisotopic (exact) mass is 350 g/mol. The number of imidazole rings is 1. The molecular weight excluding hydrogens is 332 g/mol. The van der Waals surface area contributed by atoms with Gasteiger partial charge in [0.1, 0.15) is 5.82 Å². The number of carbonyl (C=O) groups excluding carboxylic acids is 1. The number of hydrogen-bond acceptors (Lipinski definition) is 3. The molecule has 0 spiro atoms. The van der Waals surface area contributed by atoms with Crippen LogP contribution in [0.25, 0.3) is 11.0 Å². The Hall–Kier alpha value is -2.28. The van der Waals surface area contributed by atoms with Gasteiger partial charge in [0.2, 0.25) is 0 Å². The minimum absolute atomic E-state index is 0.249. The lowest BCUT2D eigenvalue weighted by molar-refractivity contribution is -0.143. The number of rotatable bonds is 3. The summed E-state index contributed by atoms with van der Waals surface area (Å²) < 4.78 is 1.90. The van der Waals surface area contributed by atoms with Crippen molar-refractivity contribution in [1.82, 2.24) is 19.8 Å². The Kier molecular flexibility index (Phi) is 4.62. The lowest BCUT2D eigenvalue weighted by Crippen LogP contribution is -2.47. The van der Waals surface area contributed by atoms with E-state index in [1.807, 2.05) is 17.7 Å². The number of hydrogen-bond donors (Lipinski definition) is 2. The van der Waals surface area contributed by atoms with E-state index < -0.39 is 11.9 Å². The van der Waals surface area contributed by atoms with Crippen LogP contribution in [0.1, 0.15) is 18.7 Å². The standard InChI is InChI=1S/C16H19ClN4O3/c1-20-13-5-4-11(17)7-12(13)19-14(20)8-18-16(24)21-6-2-3-10(9-21)15(22)23/h4-5,7,10H,2-3,6,8-9H2,1H3,(H,18,24)(H,22,23). The van der Waals surface area contributed by atoms with Crippen LogP contribution in [0.4, 0.5) is 4.79 Å². The van der Waals surface area contributed by atoms with E-state index in [1.54, 1.807) is 17.0 Å². The fourth-order valence-electron chi connectivity index (χ4n) is 3.01. The zero-order valence-electron chi connectivity index (χ0n) is 13.3. The van der Waals surface area contributed by atoms with Gasteiger partial charge in [-0.05, 0) is 31.0 Å². The Balaban J connectivity index is 1.66. The maximum atomic E-state index is 12.3. The normalized spacial score (nSPS) is 17.9. The van der Waals surface area contributed by atoms with Crippen LogP contribution in [-0.2, 0) is 18.4 Å². The summed E-state index contributed by atoms with van der Waals surface area (Å²) in [6.45, 7) is 1.10. The molecule has 2 aromatic rings. The molecule has 1 fully saturated rings. The Morgan fingerprint density at radius 1 is 1.46 bits per heavy atom.